The van der Waals surface area contributed by atoms with E-state index < -0.39 is 0 Å². The molecular weight excluding hydrogens is 624 g/mol. The van der Waals surface area contributed by atoms with Crippen LogP contribution in [0.25, 0.3) is 0 Å². The van der Waals surface area contributed by atoms with Crippen LogP contribution in [0.15, 0.2) is 25.3 Å². The maximum absolute atomic E-state index is 11.2. The van der Waals surface area contributed by atoms with Gasteiger partial charge in [0.1, 0.15) is 0 Å². The van der Waals surface area contributed by atoms with Gasteiger partial charge in [-0.15, -0.1) is 0 Å². The standard InChI is InChI=1S/C44H72O6/c1-3-43(45)47-29-7-9-33-13-21-37(22-14-33)39-25-17-35(18-26-39)31-49-41-11-5-6-12-42(41)50-32-36-19-27-40(28-20-36)38-23-15-34(16-24-38)10-8-30-48-44(46)4-2/h3-4,33-42H,1-2,5-32H2/t33-,34-,35?,36?,37-,38-,39?,40?,41-,42-/m1/s1. The summed E-state index contributed by atoms with van der Waals surface area (Å²) in [6, 6.07) is 0. The molecule has 2 atom stereocenters. The van der Waals surface area contributed by atoms with Gasteiger partial charge in [-0.2, -0.15) is 0 Å². The quantitative estimate of drug-likeness (QED) is 0.0807. The van der Waals surface area contributed by atoms with Crippen LogP contribution in [0.2, 0.25) is 0 Å². The fraction of sp³-hybridized carbons (Fsp3) is 0.864. The summed E-state index contributed by atoms with van der Waals surface area (Å²) in [6.07, 6.45) is 34.3. The maximum atomic E-state index is 11.2. The molecule has 5 aliphatic carbocycles. The van der Waals surface area contributed by atoms with Gasteiger partial charge in [0.05, 0.1) is 25.4 Å². The first kappa shape index (κ1) is 39.5. The summed E-state index contributed by atoms with van der Waals surface area (Å²) in [5.74, 6) is 6.19. The van der Waals surface area contributed by atoms with E-state index >= 15 is 0 Å². The van der Waals surface area contributed by atoms with Gasteiger partial charge in [0.25, 0.3) is 0 Å². The molecule has 0 saturated heterocycles. The Hall–Kier alpha value is -1.66. The van der Waals surface area contributed by atoms with Crippen LogP contribution < -0.4 is 0 Å². The molecule has 0 N–H and O–H groups in total. The minimum absolute atomic E-state index is 0.296. The van der Waals surface area contributed by atoms with Gasteiger partial charge >= 0.3 is 11.9 Å². The van der Waals surface area contributed by atoms with Crippen molar-refractivity contribution in [3.8, 4) is 0 Å². The van der Waals surface area contributed by atoms with Crippen molar-refractivity contribution < 1.29 is 28.5 Å². The molecule has 6 heteroatoms. The first-order valence-electron chi connectivity index (χ1n) is 21.3. The number of hydrogen-bond acceptors (Lipinski definition) is 6. The second kappa shape index (κ2) is 21.8. The second-order valence-corrected chi connectivity index (χ2v) is 17.2. The molecule has 5 rings (SSSR count). The van der Waals surface area contributed by atoms with E-state index in [0.717, 1.165) is 73.4 Å². The molecule has 0 bridgehead atoms. The van der Waals surface area contributed by atoms with Crippen LogP contribution in [0.1, 0.15) is 154 Å². The summed E-state index contributed by atoms with van der Waals surface area (Å²) in [5.41, 5.74) is 0. The Kier molecular flexibility index (Phi) is 17.2. The summed E-state index contributed by atoms with van der Waals surface area (Å²) in [6.45, 7) is 9.90. The van der Waals surface area contributed by atoms with Crippen LogP contribution in [-0.2, 0) is 28.5 Å². The van der Waals surface area contributed by atoms with Crippen LogP contribution in [0.4, 0.5) is 0 Å². The number of carbonyl (C=O) groups is 2. The zero-order valence-electron chi connectivity index (χ0n) is 31.6. The number of rotatable bonds is 18. The van der Waals surface area contributed by atoms with E-state index in [0.29, 0.717) is 25.4 Å². The molecule has 5 fully saturated rings. The molecule has 0 aliphatic heterocycles. The van der Waals surface area contributed by atoms with E-state index in [2.05, 4.69) is 13.2 Å². The molecule has 0 unspecified atom stereocenters. The van der Waals surface area contributed by atoms with Crippen molar-refractivity contribution in [1.82, 2.24) is 0 Å². The number of esters is 2. The lowest BCUT2D eigenvalue weighted by Crippen LogP contribution is -2.38. The topological polar surface area (TPSA) is 71.1 Å². The van der Waals surface area contributed by atoms with Crippen molar-refractivity contribution in [1.29, 1.82) is 0 Å². The van der Waals surface area contributed by atoms with Crippen molar-refractivity contribution >= 4 is 11.9 Å². The zero-order chi connectivity index (χ0) is 35.0. The van der Waals surface area contributed by atoms with Crippen LogP contribution in [-0.4, -0.2) is 50.6 Å². The SMILES string of the molecule is C=CC(=O)OCCC[C@H]1CC[C@H](C2CCC(CO[C@@H]3CCCC[C@H]3OCC3CCC([C@H]4CC[C@H](CCCOC(=O)C=C)CC4)CC3)CC2)CC1. The van der Waals surface area contributed by atoms with E-state index in [1.807, 2.05) is 0 Å². The number of carbonyl (C=O) groups excluding carboxylic acids is 2. The van der Waals surface area contributed by atoms with Crippen LogP contribution >= 0.6 is 0 Å². The molecular formula is C44H72O6. The van der Waals surface area contributed by atoms with Gasteiger partial charge in [-0.05, 0) is 163 Å². The lowest BCUT2D eigenvalue weighted by molar-refractivity contribution is -0.138. The van der Waals surface area contributed by atoms with Crippen molar-refractivity contribution in [3.63, 3.8) is 0 Å². The third-order valence-electron chi connectivity index (χ3n) is 14.0. The maximum Gasteiger partial charge on any atom is 0.330 e. The summed E-state index contributed by atoms with van der Waals surface area (Å²) in [4.78, 5) is 22.5. The monoisotopic (exact) mass is 697 g/mol. The predicted molar refractivity (Wildman–Crippen MR) is 201 cm³/mol. The molecule has 0 aromatic carbocycles. The molecule has 0 aromatic heterocycles. The lowest BCUT2D eigenvalue weighted by atomic mass is 9.69. The van der Waals surface area contributed by atoms with Gasteiger partial charge in [-0.1, -0.05) is 51.7 Å². The smallest absolute Gasteiger partial charge is 0.330 e. The molecule has 50 heavy (non-hydrogen) atoms. The molecule has 6 nitrogen and oxygen atoms in total. The zero-order valence-corrected chi connectivity index (χ0v) is 31.6. The Bertz CT molecular complexity index is 914. The van der Waals surface area contributed by atoms with E-state index in [-0.39, 0.29) is 11.9 Å². The summed E-state index contributed by atoms with van der Waals surface area (Å²) >= 11 is 0. The van der Waals surface area contributed by atoms with E-state index in [9.17, 15) is 9.59 Å². The normalized spacial score (nSPS) is 35.1. The molecule has 0 aromatic rings. The Labute approximate surface area is 305 Å². The Balaban J connectivity index is 0.903. The highest BCUT2D eigenvalue weighted by Gasteiger charge is 2.34. The van der Waals surface area contributed by atoms with Crippen LogP contribution in [0.3, 0.4) is 0 Å². The second-order valence-electron chi connectivity index (χ2n) is 17.2. The Morgan fingerprint density at radius 1 is 0.460 bits per heavy atom. The molecule has 0 spiro atoms. The van der Waals surface area contributed by atoms with E-state index in [1.54, 1.807) is 0 Å². The van der Waals surface area contributed by atoms with Crippen molar-refractivity contribution in [2.45, 2.75) is 166 Å². The predicted octanol–water partition coefficient (Wildman–Crippen LogP) is 10.6. The minimum atomic E-state index is -0.296. The number of hydrogen-bond donors (Lipinski definition) is 0. The molecule has 5 aliphatic rings. The van der Waals surface area contributed by atoms with Gasteiger partial charge in [-0.25, -0.2) is 9.59 Å². The molecule has 5 saturated carbocycles. The van der Waals surface area contributed by atoms with Crippen LogP contribution in [0, 0.1) is 47.3 Å². The average molecular weight is 697 g/mol. The fourth-order valence-corrected chi connectivity index (χ4v) is 10.7. The summed E-state index contributed by atoms with van der Waals surface area (Å²) < 4.78 is 23.7. The fourth-order valence-electron chi connectivity index (χ4n) is 10.7. The van der Waals surface area contributed by atoms with Crippen molar-refractivity contribution in [3.05, 3.63) is 25.3 Å². The highest BCUT2D eigenvalue weighted by molar-refractivity contribution is 5.81. The van der Waals surface area contributed by atoms with Crippen molar-refractivity contribution in [2.75, 3.05) is 26.4 Å². The molecule has 0 heterocycles. The third-order valence-corrected chi connectivity index (χ3v) is 14.0. The van der Waals surface area contributed by atoms with E-state index in [1.165, 1.54) is 153 Å². The summed E-state index contributed by atoms with van der Waals surface area (Å²) in [7, 11) is 0. The third kappa shape index (κ3) is 13.1. The van der Waals surface area contributed by atoms with E-state index in [4.69, 9.17) is 18.9 Å². The van der Waals surface area contributed by atoms with Gasteiger partial charge in [0.15, 0.2) is 0 Å². The van der Waals surface area contributed by atoms with Gasteiger partial charge in [0.2, 0.25) is 0 Å². The Morgan fingerprint density at radius 3 is 1.10 bits per heavy atom. The van der Waals surface area contributed by atoms with Gasteiger partial charge in [-0.3, -0.25) is 0 Å². The summed E-state index contributed by atoms with van der Waals surface area (Å²) in [5, 5.41) is 0. The number of ether oxygens (including phenoxy) is 4. The van der Waals surface area contributed by atoms with Gasteiger partial charge in [0, 0.05) is 25.4 Å². The molecule has 284 valence electrons. The molecule has 0 amide bonds. The lowest BCUT2D eigenvalue weighted by Gasteiger charge is -2.39. The van der Waals surface area contributed by atoms with Gasteiger partial charge < -0.3 is 18.9 Å². The largest absolute Gasteiger partial charge is 0.463 e. The highest BCUT2D eigenvalue weighted by atomic mass is 16.5. The first-order valence-corrected chi connectivity index (χ1v) is 21.3. The van der Waals surface area contributed by atoms with Crippen LogP contribution in [0.5, 0.6) is 0 Å². The highest BCUT2D eigenvalue weighted by Crippen LogP contribution is 2.44. The average Bonchev–Trinajstić information content (AvgIpc) is 3.17. The Morgan fingerprint density at radius 2 is 0.780 bits per heavy atom. The first-order chi connectivity index (χ1) is 24.5. The minimum Gasteiger partial charge on any atom is -0.463 e. The van der Waals surface area contributed by atoms with Crippen molar-refractivity contribution in [2.24, 2.45) is 47.3 Å². The molecule has 0 radical (unpaired) electrons.